The second-order valence-corrected chi connectivity index (χ2v) is 9.53. The smallest absolute Gasteiger partial charge is 0.205 e. The summed E-state index contributed by atoms with van der Waals surface area (Å²) in [5.41, 5.74) is 12.0. The second-order valence-electron chi connectivity index (χ2n) is 8.53. The Hall–Kier alpha value is -3.62. The molecule has 0 radical (unpaired) electrons. The molecule has 0 fully saturated rings. The summed E-state index contributed by atoms with van der Waals surface area (Å²) in [6.45, 7) is 1.73. The molecule has 0 saturated carbocycles. The zero-order valence-electron chi connectivity index (χ0n) is 20.2. The van der Waals surface area contributed by atoms with Gasteiger partial charge in [0.05, 0.1) is 27.0 Å². The van der Waals surface area contributed by atoms with E-state index < -0.39 is 0 Å². The minimum Gasteiger partial charge on any atom is -0.493 e. The second kappa shape index (κ2) is 9.20. The lowest BCUT2D eigenvalue weighted by atomic mass is 9.92. The molecule has 0 unspecified atom stereocenters. The van der Waals surface area contributed by atoms with Gasteiger partial charge in [-0.2, -0.15) is 0 Å². The first kappa shape index (κ1) is 23.1. The molecular formula is C27H27N3O4S. The van der Waals surface area contributed by atoms with E-state index in [4.69, 9.17) is 24.9 Å². The normalized spacial score (nSPS) is 13.5. The Bertz CT molecular complexity index is 1410. The largest absolute Gasteiger partial charge is 0.493 e. The van der Waals surface area contributed by atoms with Crippen LogP contribution in [-0.2, 0) is 13.0 Å². The quantitative estimate of drug-likeness (QED) is 0.390. The van der Waals surface area contributed by atoms with Crippen molar-refractivity contribution in [3.05, 3.63) is 64.2 Å². The van der Waals surface area contributed by atoms with E-state index in [9.17, 15) is 4.79 Å². The number of likely N-dealkylation sites (N-methyl/N-ethyl adjacent to an activating group) is 1. The van der Waals surface area contributed by atoms with Gasteiger partial charge in [-0.05, 0) is 30.3 Å². The molecule has 0 aliphatic carbocycles. The predicted octanol–water partition coefficient (Wildman–Crippen LogP) is 4.79. The average molecular weight is 490 g/mol. The van der Waals surface area contributed by atoms with Gasteiger partial charge in [-0.15, -0.1) is 11.3 Å². The summed E-state index contributed by atoms with van der Waals surface area (Å²) in [5, 5.41) is 0.839. The van der Waals surface area contributed by atoms with Crippen LogP contribution in [0.4, 0.5) is 5.69 Å². The highest BCUT2D eigenvalue weighted by Gasteiger charge is 2.28. The summed E-state index contributed by atoms with van der Waals surface area (Å²) in [7, 11) is 6.69. The van der Waals surface area contributed by atoms with Gasteiger partial charge in [-0.1, -0.05) is 30.3 Å². The van der Waals surface area contributed by atoms with Crippen molar-refractivity contribution in [1.82, 2.24) is 9.88 Å². The number of aromatic nitrogens is 1. The van der Waals surface area contributed by atoms with Gasteiger partial charge < -0.3 is 24.8 Å². The molecule has 0 bridgehead atoms. The molecule has 0 amide bonds. The van der Waals surface area contributed by atoms with E-state index in [0.717, 1.165) is 46.5 Å². The highest BCUT2D eigenvalue weighted by molar-refractivity contribution is 7.21. The molecule has 0 saturated heterocycles. The lowest BCUT2D eigenvalue weighted by molar-refractivity contribution is 0.104. The van der Waals surface area contributed by atoms with Crippen molar-refractivity contribution < 1.29 is 19.0 Å². The first-order chi connectivity index (χ1) is 17.0. The number of nitrogens with two attached hydrogens (primary N) is 1. The molecule has 5 rings (SSSR count). The predicted molar refractivity (Wildman–Crippen MR) is 139 cm³/mol. The molecule has 1 aliphatic heterocycles. The van der Waals surface area contributed by atoms with Gasteiger partial charge in [0.25, 0.3) is 0 Å². The van der Waals surface area contributed by atoms with Crippen molar-refractivity contribution in [3.63, 3.8) is 0 Å². The molecule has 1 aliphatic rings. The Labute approximate surface area is 208 Å². The number of nitrogens with zero attached hydrogens (tertiary/aromatic N) is 2. The van der Waals surface area contributed by atoms with Gasteiger partial charge in [-0.3, -0.25) is 4.79 Å². The van der Waals surface area contributed by atoms with E-state index in [1.807, 2.05) is 18.2 Å². The fourth-order valence-corrected chi connectivity index (χ4v) is 5.78. The van der Waals surface area contributed by atoms with Gasteiger partial charge in [-0.25, -0.2) is 4.98 Å². The number of ether oxygens (including phenoxy) is 3. The van der Waals surface area contributed by atoms with E-state index in [1.54, 1.807) is 12.1 Å². The first-order valence-electron chi connectivity index (χ1n) is 11.3. The van der Waals surface area contributed by atoms with Gasteiger partial charge in [0.2, 0.25) is 11.5 Å². The lowest BCUT2D eigenvalue weighted by Crippen LogP contribution is -2.27. The van der Waals surface area contributed by atoms with E-state index in [0.29, 0.717) is 33.4 Å². The van der Waals surface area contributed by atoms with E-state index >= 15 is 0 Å². The van der Waals surface area contributed by atoms with Crippen molar-refractivity contribution in [2.24, 2.45) is 0 Å². The molecule has 4 aromatic rings. The third kappa shape index (κ3) is 3.88. The van der Waals surface area contributed by atoms with Crippen molar-refractivity contribution >= 4 is 33.0 Å². The van der Waals surface area contributed by atoms with Crippen molar-refractivity contribution in [1.29, 1.82) is 0 Å². The van der Waals surface area contributed by atoms with Crippen molar-refractivity contribution in [3.8, 4) is 28.4 Å². The highest BCUT2D eigenvalue weighted by Crippen LogP contribution is 2.45. The highest BCUT2D eigenvalue weighted by atomic mass is 32.1. The zero-order chi connectivity index (χ0) is 24.7. The number of nitrogen functional groups attached to an aromatic ring is 1. The summed E-state index contributed by atoms with van der Waals surface area (Å²) in [6.07, 6.45) is 0.857. The van der Waals surface area contributed by atoms with Crippen LogP contribution in [0.5, 0.6) is 17.2 Å². The number of rotatable bonds is 6. The summed E-state index contributed by atoms with van der Waals surface area (Å²) in [5.74, 6) is 1.05. The van der Waals surface area contributed by atoms with Gasteiger partial charge in [0, 0.05) is 41.7 Å². The molecule has 8 heteroatoms. The fourth-order valence-electron chi connectivity index (χ4n) is 4.70. The Morgan fingerprint density at radius 3 is 2.37 bits per heavy atom. The Balaban J connectivity index is 1.73. The molecule has 0 atom stereocenters. The molecule has 7 nitrogen and oxygen atoms in total. The lowest BCUT2D eigenvalue weighted by Gasteiger charge is -2.27. The number of benzene rings is 2. The van der Waals surface area contributed by atoms with Crippen LogP contribution in [0.3, 0.4) is 0 Å². The maximum atomic E-state index is 13.7. The number of carbonyl (C=O) groups is 1. The molecule has 35 heavy (non-hydrogen) atoms. The Kier molecular flexibility index (Phi) is 6.08. The summed E-state index contributed by atoms with van der Waals surface area (Å²) < 4.78 is 16.3. The topological polar surface area (TPSA) is 86.9 Å². The first-order valence-corrected chi connectivity index (χ1v) is 12.1. The van der Waals surface area contributed by atoms with Crippen LogP contribution < -0.4 is 19.9 Å². The van der Waals surface area contributed by atoms with Gasteiger partial charge in [0.15, 0.2) is 11.5 Å². The van der Waals surface area contributed by atoms with Crippen molar-refractivity contribution in [2.75, 3.05) is 40.7 Å². The number of carbonyl (C=O) groups excluding carboxylic acids is 1. The molecule has 2 aromatic heterocycles. The van der Waals surface area contributed by atoms with Crippen LogP contribution in [0.25, 0.3) is 21.3 Å². The summed E-state index contributed by atoms with van der Waals surface area (Å²) >= 11 is 1.33. The van der Waals surface area contributed by atoms with E-state index in [-0.39, 0.29) is 5.78 Å². The maximum absolute atomic E-state index is 13.7. The molecule has 2 N–H and O–H groups in total. The minimum atomic E-state index is -0.209. The SMILES string of the molecule is COc1cc(C(=O)c2sc3nc4c(c(-c5ccccc5)c3c2N)CN(C)CC4)cc(OC)c1OC. The molecule has 0 spiro atoms. The van der Waals surface area contributed by atoms with Crippen molar-refractivity contribution in [2.45, 2.75) is 13.0 Å². The average Bonchev–Trinajstić information content (AvgIpc) is 3.22. The number of thiophene rings is 1. The van der Waals surface area contributed by atoms with E-state index in [1.165, 1.54) is 38.2 Å². The van der Waals surface area contributed by atoms with Crippen LogP contribution >= 0.6 is 11.3 Å². The third-order valence-electron chi connectivity index (χ3n) is 6.42. The molecular weight excluding hydrogens is 462 g/mol. The third-order valence-corrected chi connectivity index (χ3v) is 7.52. The zero-order valence-corrected chi connectivity index (χ0v) is 21.0. The van der Waals surface area contributed by atoms with Gasteiger partial charge in [0.1, 0.15) is 9.71 Å². The Morgan fingerprint density at radius 2 is 1.74 bits per heavy atom. The monoisotopic (exact) mass is 489 g/mol. The van der Waals surface area contributed by atoms with Crippen LogP contribution in [0.1, 0.15) is 26.5 Å². The molecule has 180 valence electrons. The number of anilines is 1. The van der Waals surface area contributed by atoms with E-state index in [2.05, 4.69) is 24.1 Å². The number of hydrogen-bond donors (Lipinski definition) is 1. The van der Waals surface area contributed by atoms with Crippen LogP contribution in [0.2, 0.25) is 0 Å². The standard InChI is InChI=1S/C27H27N3O4S/c1-30-11-10-18-17(14-30)21(15-8-6-5-7-9-15)22-23(28)26(35-27(22)29-18)24(31)16-12-19(32-2)25(34-4)20(13-16)33-3/h5-9,12-13H,10-11,14,28H2,1-4H3. The fraction of sp³-hybridized carbons (Fsp3) is 0.259. The molecule has 2 aromatic carbocycles. The number of hydrogen-bond acceptors (Lipinski definition) is 8. The van der Waals surface area contributed by atoms with Gasteiger partial charge >= 0.3 is 0 Å². The Morgan fingerprint density at radius 1 is 1.06 bits per heavy atom. The molecule has 3 heterocycles. The maximum Gasteiger partial charge on any atom is 0.205 e. The van der Waals surface area contributed by atoms with Crippen LogP contribution in [-0.4, -0.2) is 50.6 Å². The number of pyridine rings is 1. The minimum absolute atomic E-state index is 0.209. The summed E-state index contributed by atoms with van der Waals surface area (Å²) in [6, 6.07) is 13.5. The number of ketones is 1. The van der Waals surface area contributed by atoms with Crippen LogP contribution in [0, 0.1) is 0 Å². The number of methoxy groups -OCH3 is 3. The number of fused-ring (bicyclic) bond motifs is 2. The summed E-state index contributed by atoms with van der Waals surface area (Å²) in [4.78, 5) is 22.2. The van der Waals surface area contributed by atoms with Crippen LogP contribution in [0.15, 0.2) is 42.5 Å².